The van der Waals surface area contributed by atoms with Crippen molar-refractivity contribution in [2.75, 3.05) is 6.61 Å². The van der Waals surface area contributed by atoms with Crippen LogP contribution in [0.25, 0.3) is 5.69 Å². The Bertz CT molecular complexity index is 540. The minimum atomic E-state index is -0.248. The number of nitrogens with one attached hydrogen (secondary N) is 1. The second kappa shape index (κ2) is 4.97. The van der Waals surface area contributed by atoms with Gasteiger partial charge >= 0.3 is 5.69 Å². The normalized spacial score (nSPS) is 10.7. The van der Waals surface area contributed by atoms with Crippen molar-refractivity contribution in [3.63, 3.8) is 0 Å². The number of nitrogens with zero attached hydrogens (tertiary/aromatic N) is 2. The standard InChI is InChI=1S/C12H15N3O2/c1-9-4-6-10(7-5-9)15-11(3-2-8-16)13-14-12(15)17/h4-7,16H,2-3,8H2,1H3,(H,14,17). The number of rotatable bonds is 4. The number of aromatic amines is 1. The summed E-state index contributed by atoms with van der Waals surface area (Å²) >= 11 is 0. The molecule has 17 heavy (non-hydrogen) atoms. The van der Waals surface area contributed by atoms with Crippen LogP contribution < -0.4 is 5.69 Å². The molecule has 0 aliphatic heterocycles. The zero-order chi connectivity index (χ0) is 12.3. The summed E-state index contributed by atoms with van der Waals surface area (Å²) in [5.41, 5.74) is 1.69. The van der Waals surface area contributed by atoms with E-state index in [2.05, 4.69) is 10.2 Å². The minimum Gasteiger partial charge on any atom is -0.396 e. The molecule has 0 saturated carbocycles. The molecule has 0 amide bonds. The van der Waals surface area contributed by atoms with Crippen molar-refractivity contribution >= 4 is 0 Å². The summed E-state index contributed by atoms with van der Waals surface area (Å²) in [6, 6.07) is 7.67. The lowest BCUT2D eigenvalue weighted by atomic mass is 10.2. The lowest BCUT2D eigenvalue weighted by molar-refractivity contribution is 0.287. The largest absolute Gasteiger partial charge is 0.396 e. The average molecular weight is 233 g/mol. The molecule has 2 aromatic rings. The first kappa shape index (κ1) is 11.6. The van der Waals surface area contributed by atoms with E-state index in [0.29, 0.717) is 18.7 Å². The predicted octanol–water partition coefficient (Wildman–Crippen LogP) is 0.794. The monoisotopic (exact) mass is 233 g/mol. The fourth-order valence-electron chi connectivity index (χ4n) is 1.69. The third kappa shape index (κ3) is 2.45. The van der Waals surface area contributed by atoms with E-state index in [0.717, 1.165) is 11.3 Å². The number of H-pyrrole nitrogens is 1. The molecular weight excluding hydrogens is 218 g/mol. The smallest absolute Gasteiger partial charge is 0.347 e. The molecule has 0 atom stereocenters. The zero-order valence-corrected chi connectivity index (χ0v) is 9.68. The number of aryl methyl sites for hydroxylation is 2. The molecule has 1 aromatic carbocycles. The average Bonchev–Trinajstić information content (AvgIpc) is 2.69. The zero-order valence-electron chi connectivity index (χ0n) is 9.68. The molecule has 5 heteroatoms. The molecule has 0 saturated heterocycles. The molecule has 0 radical (unpaired) electrons. The Morgan fingerprint density at radius 2 is 2.06 bits per heavy atom. The van der Waals surface area contributed by atoms with Crippen LogP contribution in [0.15, 0.2) is 29.1 Å². The van der Waals surface area contributed by atoms with Gasteiger partial charge in [-0.1, -0.05) is 17.7 Å². The first-order valence-corrected chi connectivity index (χ1v) is 5.56. The highest BCUT2D eigenvalue weighted by Crippen LogP contribution is 2.09. The van der Waals surface area contributed by atoms with E-state index in [-0.39, 0.29) is 12.3 Å². The second-order valence-electron chi connectivity index (χ2n) is 3.94. The minimum absolute atomic E-state index is 0.0922. The molecule has 2 N–H and O–H groups in total. The number of aliphatic hydroxyl groups excluding tert-OH is 1. The van der Waals surface area contributed by atoms with E-state index in [4.69, 9.17) is 5.11 Å². The van der Waals surface area contributed by atoms with Crippen LogP contribution >= 0.6 is 0 Å². The molecule has 0 bridgehead atoms. The number of hydrogen-bond donors (Lipinski definition) is 2. The van der Waals surface area contributed by atoms with Gasteiger partial charge in [0.2, 0.25) is 0 Å². The first-order chi connectivity index (χ1) is 8.22. The van der Waals surface area contributed by atoms with E-state index < -0.39 is 0 Å². The SMILES string of the molecule is Cc1ccc(-n2c(CCCO)n[nH]c2=O)cc1. The van der Waals surface area contributed by atoms with Crippen molar-refractivity contribution in [1.29, 1.82) is 0 Å². The van der Waals surface area contributed by atoms with Crippen LogP contribution in [0, 0.1) is 6.92 Å². The number of benzene rings is 1. The molecule has 5 nitrogen and oxygen atoms in total. The van der Waals surface area contributed by atoms with Gasteiger partial charge in [-0.15, -0.1) is 0 Å². The quantitative estimate of drug-likeness (QED) is 0.820. The molecule has 1 aromatic heterocycles. The van der Waals surface area contributed by atoms with E-state index in [9.17, 15) is 4.79 Å². The van der Waals surface area contributed by atoms with Crippen molar-refractivity contribution in [2.45, 2.75) is 19.8 Å². The molecule has 0 aliphatic carbocycles. The maximum atomic E-state index is 11.7. The molecule has 0 aliphatic rings. The van der Waals surface area contributed by atoms with Crippen LogP contribution in [0.2, 0.25) is 0 Å². The van der Waals surface area contributed by atoms with Gasteiger partial charge in [0, 0.05) is 13.0 Å². The van der Waals surface area contributed by atoms with Gasteiger partial charge in [-0.25, -0.2) is 14.5 Å². The van der Waals surface area contributed by atoms with Gasteiger partial charge in [0.1, 0.15) is 5.82 Å². The van der Waals surface area contributed by atoms with Crippen molar-refractivity contribution in [2.24, 2.45) is 0 Å². The van der Waals surface area contributed by atoms with Crippen LogP contribution in [0.1, 0.15) is 17.8 Å². The molecule has 1 heterocycles. The molecule has 0 unspecified atom stereocenters. The Kier molecular flexibility index (Phi) is 3.39. The first-order valence-electron chi connectivity index (χ1n) is 5.56. The maximum absolute atomic E-state index is 11.7. The van der Waals surface area contributed by atoms with E-state index in [1.54, 1.807) is 0 Å². The van der Waals surface area contributed by atoms with Gasteiger partial charge in [0.05, 0.1) is 5.69 Å². The van der Waals surface area contributed by atoms with Gasteiger partial charge in [0.15, 0.2) is 0 Å². The fourth-order valence-corrected chi connectivity index (χ4v) is 1.69. The lowest BCUT2D eigenvalue weighted by Gasteiger charge is -2.05. The summed E-state index contributed by atoms with van der Waals surface area (Å²) in [5.74, 6) is 0.646. The summed E-state index contributed by atoms with van der Waals surface area (Å²) in [5, 5.41) is 15.2. The number of aliphatic hydroxyl groups is 1. The van der Waals surface area contributed by atoms with Gasteiger partial charge in [0.25, 0.3) is 0 Å². The van der Waals surface area contributed by atoms with Crippen LogP contribution in [0.5, 0.6) is 0 Å². The fraction of sp³-hybridized carbons (Fsp3) is 0.333. The highest BCUT2D eigenvalue weighted by atomic mass is 16.3. The third-order valence-corrected chi connectivity index (χ3v) is 2.59. The van der Waals surface area contributed by atoms with Crippen molar-refractivity contribution in [1.82, 2.24) is 14.8 Å². The summed E-state index contributed by atoms with van der Waals surface area (Å²) in [6.45, 7) is 2.09. The molecule has 0 fully saturated rings. The van der Waals surface area contributed by atoms with Crippen LogP contribution in [0.3, 0.4) is 0 Å². The van der Waals surface area contributed by atoms with Gasteiger partial charge in [-0.3, -0.25) is 0 Å². The predicted molar refractivity (Wildman–Crippen MR) is 64.3 cm³/mol. The second-order valence-corrected chi connectivity index (χ2v) is 3.94. The maximum Gasteiger partial charge on any atom is 0.347 e. The highest BCUT2D eigenvalue weighted by molar-refractivity contribution is 5.34. The van der Waals surface area contributed by atoms with Gasteiger partial charge in [-0.05, 0) is 25.5 Å². The van der Waals surface area contributed by atoms with Crippen molar-refractivity contribution in [3.8, 4) is 5.69 Å². The van der Waals surface area contributed by atoms with Gasteiger partial charge < -0.3 is 5.11 Å². The Morgan fingerprint density at radius 1 is 1.35 bits per heavy atom. The van der Waals surface area contributed by atoms with E-state index in [1.807, 2.05) is 31.2 Å². The topological polar surface area (TPSA) is 70.9 Å². The van der Waals surface area contributed by atoms with Crippen LogP contribution in [0.4, 0.5) is 0 Å². The Labute approximate surface area is 98.7 Å². The summed E-state index contributed by atoms with van der Waals surface area (Å²) in [7, 11) is 0. The Morgan fingerprint density at radius 3 is 2.71 bits per heavy atom. The molecular formula is C12H15N3O2. The Hall–Kier alpha value is -1.88. The lowest BCUT2D eigenvalue weighted by Crippen LogP contribution is -2.17. The number of aromatic nitrogens is 3. The molecule has 0 spiro atoms. The van der Waals surface area contributed by atoms with Gasteiger partial charge in [-0.2, -0.15) is 5.10 Å². The van der Waals surface area contributed by atoms with E-state index >= 15 is 0 Å². The van der Waals surface area contributed by atoms with Crippen LogP contribution in [-0.2, 0) is 6.42 Å². The summed E-state index contributed by atoms with van der Waals surface area (Å²) < 4.78 is 1.54. The Balaban J connectivity index is 2.39. The third-order valence-electron chi connectivity index (χ3n) is 2.59. The highest BCUT2D eigenvalue weighted by Gasteiger charge is 2.09. The molecule has 2 rings (SSSR count). The van der Waals surface area contributed by atoms with Crippen molar-refractivity contribution < 1.29 is 5.11 Å². The van der Waals surface area contributed by atoms with E-state index in [1.165, 1.54) is 4.57 Å². The summed E-state index contributed by atoms with van der Waals surface area (Å²) in [6.07, 6.45) is 1.17. The number of hydrogen-bond acceptors (Lipinski definition) is 3. The summed E-state index contributed by atoms with van der Waals surface area (Å²) in [4.78, 5) is 11.7. The molecule has 90 valence electrons. The van der Waals surface area contributed by atoms with Crippen LogP contribution in [-0.4, -0.2) is 26.5 Å². The van der Waals surface area contributed by atoms with Crippen molar-refractivity contribution in [3.05, 3.63) is 46.1 Å².